The largest absolute Gasteiger partial charge is 0.253 e. The zero-order chi connectivity index (χ0) is 11.9. The maximum atomic E-state index is 10.5. The first-order valence-corrected chi connectivity index (χ1v) is 5.71. The van der Waals surface area contributed by atoms with Crippen molar-refractivity contribution in [2.45, 2.75) is 25.3 Å². The normalized spacial score (nSPS) is 16.5. The molecule has 1 aliphatic rings. The standard InChI is InChI=1S/C14H12N2O/c1-10-8-12(14(6-7-14)15-9-17)11-4-2-3-5-13(11)16-10/h2-5,8H,6-7H2,1H3. The summed E-state index contributed by atoms with van der Waals surface area (Å²) in [4.78, 5) is 19.0. The predicted octanol–water partition coefficient (Wildman–Crippen LogP) is 2.87. The fourth-order valence-electron chi connectivity index (χ4n) is 2.34. The van der Waals surface area contributed by atoms with Crippen LogP contribution in [-0.4, -0.2) is 11.1 Å². The van der Waals surface area contributed by atoms with Gasteiger partial charge >= 0.3 is 0 Å². The van der Waals surface area contributed by atoms with Crippen LogP contribution in [-0.2, 0) is 10.3 Å². The second-order valence-electron chi connectivity index (χ2n) is 4.56. The number of hydrogen-bond acceptors (Lipinski definition) is 3. The van der Waals surface area contributed by atoms with Crippen LogP contribution in [0.4, 0.5) is 0 Å². The summed E-state index contributed by atoms with van der Waals surface area (Å²) in [6.07, 6.45) is 3.56. The van der Waals surface area contributed by atoms with E-state index in [0.29, 0.717) is 0 Å². The molecule has 1 heterocycles. The van der Waals surface area contributed by atoms with E-state index < -0.39 is 0 Å². The van der Waals surface area contributed by atoms with Crippen LogP contribution in [0.3, 0.4) is 0 Å². The van der Waals surface area contributed by atoms with E-state index in [4.69, 9.17) is 0 Å². The number of carbonyl (C=O) groups excluding carboxylic acids is 1. The predicted molar refractivity (Wildman–Crippen MR) is 65.5 cm³/mol. The molecule has 0 bridgehead atoms. The third kappa shape index (κ3) is 1.56. The van der Waals surface area contributed by atoms with Gasteiger partial charge in [0.1, 0.15) is 0 Å². The SMILES string of the molecule is Cc1cc(C2(N=C=O)CC2)c2ccccc2n1. The van der Waals surface area contributed by atoms with Gasteiger partial charge in [-0.15, -0.1) is 0 Å². The number of nitrogens with zero attached hydrogens (tertiary/aromatic N) is 2. The summed E-state index contributed by atoms with van der Waals surface area (Å²) in [5.41, 5.74) is 2.72. The van der Waals surface area contributed by atoms with Crippen LogP contribution in [0.25, 0.3) is 10.9 Å². The molecule has 1 fully saturated rings. The van der Waals surface area contributed by atoms with Gasteiger partial charge in [-0.25, -0.2) is 4.79 Å². The van der Waals surface area contributed by atoms with Crippen molar-refractivity contribution in [2.75, 3.05) is 0 Å². The molecule has 3 nitrogen and oxygen atoms in total. The van der Waals surface area contributed by atoms with Crippen molar-refractivity contribution in [3.63, 3.8) is 0 Å². The molecule has 0 unspecified atom stereocenters. The fourth-order valence-corrected chi connectivity index (χ4v) is 2.34. The monoisotopic (exact) mass is 224 g/mol. The molecule has 1 aliphatic carbocycles. The van der Waals surface area contributed by atoms with Crippen molar-refractivity contribution in [3.8, 4) is 0 Å². The molecule has 3 heteroatoms. The van der Waals surface area contributed by atoms with E-state index in [1.807, 2.05) is 37.3 Å². The summed E-state index contributed by atoms with van der Waals surface area (Å²) in [5.74, 6) is 0. The second-order valence-corrected chi connectivity index (χ2v) is 4.56. The Kier molecular flexibility index (Phi) is 2.10. The molecule has 0 spiro atoms. The van der Waals surface area contributed by atoms with Gasteiger partial charge in [-0.05, 0) is 37.5 Å². The summed E-state index contributed by atoms with van der Waals surface area (Å²) < 4.78 is 0. The average molecular weight is 224 g/mol. The number of aliphatic imine (C=N–C) groups is 1. The zero-order valence-electron chi connectivity index (χ0n) is 9.60. The van der Waals surface area contributed by atoms with E-state index in [9.17, 15) is 4.79 Å². The molecule has 0 atom stereocenters. The molecule has 1 aromatic heterocycles. The first-order chi connectivity index (χ1) is 8.25. The Morgan fingerprint density at radius 2 is 2.12 bits per heavy atom. The topological polar surface area (TPSA) is 42.3 Å². The van der Waals surface area contributed by atoms with Gasteiger partial charge < -0.3 is 0 Å². The lowest BCUT2D eigenvalue weighted by atomic mass is 9.99. The van der Waals surface area contributed by atoms with E-state index in [0.717, 1.165) is 35.0 Å². The summed E-state index contributed by atoms with van der Waals surface area (Å²) >= 11 is 0. The van der Waals surface area contributed by atoms with E-state index in [1.165, 1.54) is 0 Å². The van der Waals surface area contributed by atoms with E-state index in [-0.39, 0.29) is 5.54 Å². The Morgan fingerprint density at radius 3 is 2.82 bits per heavy atom. The van der Waals surface area contributed by atoms with Gasteiger partial charge in [0, 0.05) is 11.1 Å². The third-order valence-corrected chi connectivity index (χ3v) is 3.33. The van der Waals surface area contributed by atoms with E-state index >= 15 is 0 Å². The summed E-state index contributed by atoms with van der Waals surface area (Å²) in [6.45, 7) is 1.97. The zero-order valence-corrected chi connectivity index (χ0v) is 9.60. The third-order valence-electron chi connectivity index (χ3n) is 3.33. The fraction of sp³-hybridized carbons (Fsp3) is 0.286. The number of benzene rings is 1. The van der Waals surface area contributed by atoms with Gasteiger partial charge in [0.25, 0.3) is 0 Å². The molecular formula is C14H12N2O. The molecule has 0 aliphatic heterocycles. The lowest BCUT2D eigenvalue weighted by Gasteiger charge is -2.12. The van der Waals surface area contributed by atoms with Gasteiger partial charge in [-0.3, -0.25) is 4.98 Å². The van der Waals surface area contributed by atoms with Crippen LogP contribution in [0.15, 0.2) is 35.3 Å². The Balaban J connectivity index is 2.32. The summed E-state index contributed by atoms with van der Waals surface area (Å²) in [6, 6.07) is 10.0. The first-order valence-electron chi connectivity index (χ1n) is 5.71. The van der Waals surface area contributed by atoms with Crippen LogP contribution < -0.4 is 0 Å². The summed E-state index contributed by atoms with van der Waals surface area (Å²) in [7, 11) is 0. The van der Waals surface area contributed by atoms with Crippen LogP contribution in [0.5, 0.6) is 0 Å². The summed E-state index contributed by atoms with van der Waals surface area (Å²) in [5, 5.41) is 1.09. The van der Waals surface area contributed by atoms with Crippen molar-refractivity contribution < 1.29 is 4.79 Å². The molecule has 3 rings (SSSR count). The van der Waals surface area contributed by atoms with Crippen molar-refractivity contribution in [3.05, 3.63) is 41.6 Å². The smallest absolute Gasteiger partial charge is 0.235 e. The molecule has 17 heavy (non-hydrogen) atoms. The van der Waals surface area contributed by atoms with Crippen LogP contribution in [0.1, 0.15) is 24.1 Å². The van der Waals surface area contributed by atoms with E-state index in [2.05, 4.69) is 9.98 Å². The number of hydrogen-bond donors (Lipinski definition) is 0. The molecule has 0 saturated heterocycles. The molecule has 1 aromatic carbocycles. The van der Waals surface area contributed by atoms with Gasteiger partial charge in [0.05, 0.1) is 11.1 Å². The minimum absolute atomic E-state index is 0.324. The van der Waals surface area contributed by atoms with Gasteiger partial charge in [0.15, 0.2) is 0 Å². The van der Waals surface area contributed by atoms with Crippen molar-refractivity contribution in [1.29, 1.82) is 0 Å². The van der Waals surface area contributed by atoms with Crippen molar-refractivity contribution >= 4 is 17.0 Å². The Hall–Kier alpha value is -1.99. The highest BCUT2D eigenvalue weighted by atomic mass is 16.1. The number of rotatable bonds is 2. The lowest BCUT2D eigenvalue weighted by Crippen LogP contribution is -2.04. The minimum atomic E-state index is -0.324. The van der Waals surface area contributed by atoms with Gasteiger partial charge in [-0.1, -0.05) is 18.2 Å². The Morgan fingerprint density at radius 1 is 1.35 bits per heavy atom. The lowest BCUT2D eigenvalue weighted by molar-refractivity contribution is 0.556. The number of fused-ring (bicyclic) bond motifs is 1. The highest BCUT2D eigenvalue weighted by Crippen LogP contribution is 2.51. The first kappa shape index (κ1) is 10.2. The molecule has 2 aromatic rings. The number of aryl methyl sites for hydroxylation is 1. The van der Waals surface area contributed by atoms with Crippen LogP contribution >= 0.6 is 0 Å². The Bertz CT molecular complexity index is 638. The maximum absolute atomic E-state index is 10.5. The highest BCUT2D eigenvalue weighted by molar-refractivity contribution is 5.84. The van der Waals surface area contributed by atoms with Gasteiger partial charge in [-0.2, -0.15) is 4.99 Å². The Labute approximate surface area is 99.2 Å². The number of pyridine rings is 1. The average Bonchev–Trinajstić information content (AvgIpc) is 3.09. The van der Waals surface area contributed by atoms with Crippen molar-refractivity contribution in [1.82, 2.24) is 4.98 Å². The molecular weight excluding hydrogens is 212 g/mol. The maximum Gasteiger partial charge on any atom is 0.235 e. The van der Waals surface area contributed by atoms with Crippen molar-refractivity contribution in [2.24, 2.45) is 4.99 Å². The van der Waals surface area contributed by atoms with Crippen LogP contribution in [0, 0.1) is 6.92 Å². The molecule has 0 N–H and O–H groups in total. The molecule has 0 amide bonds. The number of aromatic nitrogens is 1. The number of para-hydroxylation sites is 1. The van der Waals surface area contributed by atoms with Gasteiger partial charge in [0.2, 0.25) is 6.08 Å². The quantitative estimate of drug-likeness (QED) is 0.581. The van der Waals surface area contributed by atoms with Crippen LogP contribution in [0.2, 0.25) is 0 Å². The highest BCUT2D eigenvalue weighted by Gasteiger charge is 2.46. The second kappa shape index (κ2) is 3.51. The minimum Gasteiger partial charge on any atom is -0.253 e. The molecule has 0 radical (unpaired) electrons. The van der Waals surface area contributed by atoms with E-state index in [1.54, 1.807) is 6.08 Å². The number of isocyanates is 1. The molecule has 1 saturated carbocycles. The molecule has 84 valence electrons.